The van der Waals surface area contributed by atoms with E-state index >= 15 is 0 Å². The third kappa shape index (κ3) is 4.31. The lowest BCUT2D eigenvalue weighted by molar-refractivity contribution is -0.113. The maximum Gasteiger partial charge on any atom is 0.234 e. The van der Waals surface area contributed by atoms with Gasteiger partial charge in [0.1, 0.15) is 5.82 Å². The average Bonchev–Trinajstić information content (AvgIpc) is 3.46. The number of carbonyl (C=O) groups is 2. The Morgan fingerprint density at radius 2 is 1.93 bits per heavy atom. The van der Waals surface area contributed by atoms with Crippen LogP contribution in [0.3, 0.4) is 0 Å². The van der Waals surface area contributed by atoms with Gasteiger partial charge in [-0.3, -0.25) is 9.59 Å². The molecule has 1 N–H and O–H groups in total. The van der Waals surface area contributed by atoms with Crippen molar-refractivity contribution in [1.82, 2.24) is 14.8 Å². The Labute approximate surface area is 167 Å². The number of rotatable bonds is 7. The zero-order valence-corrected chi connectivity index (χ0v) is 16.3. The average molecular weight is 392 g/mol. The molecular formula is C21H20N4O2S. The van der Waals surface area contributed by atoms with Crippen molar-refractivity contribution >= 4 is 29.1 Å². The lowest BCUT2D eigenvalue weighted by Gasteiger charge is -2.05. The van der Waals surface area contributed by atoms with Gasteiger partial charge in [0.05, 0.1) is 11.4 Å². The van der Waals surface area contributed by atoms with Gasteiger partial charge in [-0.05, 0) is 44.0 Å². The van der Waals surface area contributed by atoms with Gasteiger partial charge in [0.15, 0.2) is 5.78 Å². The first-order valence-electron chi connectivity index (χ1n) is 9.16. The Balaban J connectivity index is 1.43. The Bertz CT molecular complexity index is 1010. The number of thioether (sulfide) groups is 1. The van der Waals surface area contributed by atoms with E-state index in [-0.39, 0.29) is 17.4 Å². The van der Waals surface area contributed by atoms with Crippen LogP contribution in [0.4, 0.5) is 5.69 Å². The molecule has 1 saturated carbocycles. The summed E-state index contributed by atoms with van der Waals surface area (Å²) in [6.07, 6.45) is 2.26. The largest absolute Gasteiger partial charge is 0.325 e. The monoisotopic (exact) mass is 392 g/mol. The molecule has 0 bridgehead atoms. The Morgan fingerprint density at radius 1 is 1.14 bits per heavy atom. The highest BCUT2D eigenvalue weighted by Crippen LogP contribution is 2.40. The highest BCUT2D eigenvalue weighted by molar-refractivity contribution is 7.99. The molecule has 1 aliphatic carbocycles. The lowest BCUT2D eigenvalue weighted by atomic mass is 10.1. The van der Waals surface area contributed by atoms with Crippen molar-refractivity contribution in [3.63, 3.8) is 0 Å². The molecule has 0 atom stereocenters. The second-order valence-electron chi connectivity index (χ2n) is 6.75. The van der Waals surface area contributed by atoms with E-state index in [0.29, 0.717) is 22.3 Å². The maximum absolute atomic E-state index is 12.3. The van der Waals surface area contributed by atoms with Crippen LogP contribution in [-0.4, -0.2) is 32.2 Å². The molecule has 2 aromatic carbocycles. The smallest absolute Gasteiger partial charge is 0.234 e. The molecule has 0 radical (unpaired) electrons. The number of amides is 1. The number of anilines is 1. The molecule has 3 aromatic rings. The zero-order valence-electron chi connectivity index (χ0n) is 15.5. The molecule has 1 amide bonds. The third-order valence-corrected chi connectivity index (χ3v) is 5.28. The minimum absolute atomic E-state index is 0.0336. The SMILES string of the molecule is CC(=O)c1cccc(NC(=O)CSc2nc(C3CC3)n(-c3ccccc3)n2)c1. The third-order valence-electron chi connectivity index (χ3n) is 4.44. The molecule has 4 rings (SSSR count). The number of benzene rings is 2. The number of hydrogen-bond acceptors (Lipinski definition) is 5. The van der Waals surface area contributed by atoms with E-state index in [1.807, 2.05) is 35.0 Å². The summed E-state index contributed by atoms with van der Waals surface area (Å²) in [6.45, 7) is 1.50. The molecule has 1 aromatic heterocycles. The summed E-state index contributed by atoms with van der Waals surface area (Å²) in [5.74, 6) is 1.42. The van der Waals surface area contributed by atoms with Crippen molar-refractivity contribution < 1.29 is 9.59 Å². The lowest BCUT2D eigenvalue weighted by Crippen LogP contribution is -2.14. The number of ketones is 1. The van der Waals surface area contributed by atoms with Crippen LogP contribution in [0, 0.1) is 0 Å². The molecular weight excluding hydrogens is 372 g/mol. The fraction of sp³-hybridized carbons (Fsp3) is 0.238. The first-order valence-corrected chi connectivity index (χ1v) is 10.1. The van der Waals surface area contributed by atoms with Gasteiger partial charge >= 0.3 is 0 Å². The normalized spacial score (nSPS) is 13.3. The number of nitrogens with one attached hydrogen (secondary N) is 1. The van der Waals surface area contributed by atoms with Crippen molar-refractivity contribution in [2.75, 3.05) is 11.1 Å². The van der Waals surface area contributed by atoms with Crippen LogP contribution in [0.2, 0.25) is 0 Å². The summed E-state index contributed by atoms with van der Waals surface area (Å²) >= 11 is 1.31. The van der Waals surface area contributed by atoms with E-state index < -0.39 is 0 Å². The van der Waals surface area contributed by atoms with Crippen molar-refractivity contribution in [3.8, 4) is 5.69 Å². The fourth-order valence-corrected chi connectivity index (χ4v) is 3.50. The Hall–Kier alpha value is -2.93. The van der Waals surface area contributed by atoms with Crippen LogP contribution < -0.4 is 5.32 Å². The van der Waals surface area contributed by atoms with Crippen LogP contribution in [0.1, 0.15) is 41.9 Å². The van der Waals surface area contributed by atoms with Crippen molar-refractivity contribution in [2.45, 2.75) is 30.8 Å². The second kappa shape index (κ2) is 7.98. The number of para-hydroxylation sites is 1. The van der Waals surface area contributed by atoms with Crippen LogP contribution in [0.25, 0.3) is 5.69 Å². The van der Waals surface area contributed by atoms with E-state index in [4.69, 9.17) is 0 Å². The second-order valence-corrected chi connectivity index (χ2v) is 7.69. The summed E-state index contributed by atoms with van der Waals surface area (Å²) in [4.78, 5) is 28.4. The van der Waals surface area contributed by atoms with Gasteiger partial charge < -0.3 is 5.32 Å². The molecule has 7 heteroatoms. The fourth-order valence-electron chi connectivity index (χ4n) is 2.87. The number of nitrogens with zero attached hydrogens (tertiary/aromatic N) is 3. The van der Waals surface area contributed by atoms with E-state index in [1.54, 1.807) is 24.3 Å². The topological polar surface area (TPSA) is 76.9 Å². The van der Waals surface area contributed by atoms with Gasteiger partial charge in [-0.25, -0.2) is 9.67 Å². The number of hydrogen-bond donors (Lipinski definition) is 1. The van der Waals surface area contributed by atoms with Crippen LogP contribution in [0.5, 0.6) is 0 Å². The molecule has 6 nitrogen and oxygen atoms in total. The number of aromatic nitrogens is 3. The van der Waals surface area contributed by atoms with Gasteiger partial charge in [0.25, 0.3) is 0 Å². The summed E-state index contributed by atoms with van der Waals surface area (Å²) < 4.78 is 1.88. The predicted molar refractivity (Wildman–Crippen MR) is 109 cm³/mol. The van der Waals surface area contributed by atoms with Crippen molar-refractivity contribution in [1.29, 1.82) is 0 Å². The Kier molecular flexibility index (Phi) is 5.25. The summed E-state index contributed by atoms with van der Waals surface area (Å²) in [7, 11) is 0. The molecule has 142 valence electrons. The quantitative estimate of drug-likeness (QED) is 0.484. The van der Waals surface area contributed by atoms with Gasteiger partial charge in [-0.1, -0.05) is 42.1 Å². The van der Waals surface area contributed by atoms with E-state index in [2.05, 4.69) is 15.4 Å². The summed E-state index contributed by atoms with van der Waals surface area (Å²) in [5, 5.41) is 8.02. The molecule has 0 saturated heterocycles. The molecule has 1 fully saturated rings. The standard InChI is InChI=1S/C21H20N4O2S/c1-14(26)16-6-5-7-17(12-16)22-19(27)13-28-21-23-20(15-10-11-15)25(24-21)18-8-3-2-4-9-18/h2-9,12,15H,10-11,13H2,1H3,(H,22,27). The van der Waals surface area contributed by atoms with E-state index in [1.165, 1.54) is 18.7 Å². The number of Topliss-reactive ketones (excluding diaryl/α,β-unsaturated/α-hetero) is 1. The number of carbonyl (C=O) groups excluding carboxylic acids is 2. The predicted octanol–water partition coefficient (Wildman–Crippen LogP) is 4.08. The highest BCUT2D eigenvalue weighted by atomic mass is 32.2. The van der Waals surface area contributed by atoms with Gasteiger partial charge in [0, 0.05) is 17.2 Å². The maximum atomic E-state index is 12.3. The van der Waals surface area contributed by atoms with Crippen LogP contribution >= 0.6 is 11.8 Å². The van der Waals surface area contributed by atoms with Gasteiger partial charge in [0.2, 0.25) is 11.1 Å². The molecule has 1 aliphatic rings. The Morgan fingerprint density at radius 3 is 2.64 bits per heavy atom. The van der Waals surface area contributed by atoms with Crippen LogP contribution in [-0.2, 0) is 4.79 Å². The van der Waals surface area contributed by atoms with E-state index in [0.717, 1.165) is 24.4 Å². The summed E-state index contributed by atoms with van der Waals surface area (Å²) in [5.41, 5.74) is 2.16. The first kappa shape index (κ1) is 18.4. The van der Waals surface area contributed by atoms with E-state index in [9.17, 15) is 9.59 Å². The molecule has 1 heterocycles. The molecule has 0 spiro atoms. The zero-order chi connectivity index (χ0) is 19.5. The van der Waals surface area contributed by atoms with Gasteiger partial charge in [-0.2, -0.15) is 0 Å². The minimum Gasteiger partial charge on any atom is -0.325 e. The van der Waals surface area contributed by atoms with Crippen molar-refractivity contribution in [2.24, 2.45) is 0 Å². The van der Waals surface area contributed by atoms with Crippen molar-refractivity contribution in [3.05, 3.63) is 66.0 Å². The molecule has 28 heavy (non-hydrogen) atoms. The molecule has 0 aliphatic heterocycles. The van der Waals surface area contributed by atoms with Crippen LogP contribution in [0.15, 0.2) is 59.8 Å². The van der Waals surface area contributed by atoms with Gasteiger partial charge in [-0.15, -0.1) is 5.10 Å². The molecule has 0 unspecified atom stereocenters. The summed E-state index contributed by atoms with van der Waals surface area (Å²) in [6, 6.07) is 16.9. The first-order chi connectivity index (χ1) is 13.6. The highest BCUT2D eigenvalue weighted by Gasteiger charge is 2.30. The minimum atomic E-state index is -0.158.